The summed E-state index contributed by atoms with van der Waals surface area (Å²) in [5.74, 6) is 0.926. The van der Waals surface area contributed by atoms with Crippen molar-refractivity contribution in [3.05, 3.63) is 34.5 Å². The second kappa shape index (κ2) is 6.20. The largest absolute Gasteiger partial charge is 0.355 e. The zero-order valence-corrected chi connectivity index (χ0v) is 14.1. The van der Waals surface area contributed by atoms with Crippen LogP contribution in [0.3, 0.4) is 0 Å². The Morgan fingerprint density at radius 2 is 2.17 bits per heavy atom. The maximum atomic E-state index is 12.3. The fourth-order valence-corrected chi connectivity index (χ4v) is 3.91. The summed E-state index contributed by atoms with van der Waals surface area (Å²) >= 11 is 1.50. The highest BCUT2D eigenvalue weighted by atomic mass is 32.1. The first-order valence-electron chi connectivity index (χ1n) is 7.96. The summed E-state index contributed by atoms with van der Waals surface area (Å²) < 4.78 is 0. The van der Waals surface area contributed by atoms with Gasteiger partial charge in [0.05, 0.1) is 11.2 Å². The van der Waals surface area contributed by atoms with Gasteiger partial charge in [0, 0.05) is 19.1 Å². The molecule has 1 aliphatic rings. The highest BCUT2D eigenvalue weighted by Crippen LogP contribution is 2.24. The van der Waals surface area contributed by atoms with Gasteiger partial charge in [-0.25, -0.2) is 15.0 Å². The minimum atomic E-state index is 0.0407. The molecule has 1 aliphatic heterocycles. The number of thiophene rings is 1. The third-order valence-electron chi connectivity index (χ3n) is 4.40. The van der Waals surface area contributed by atoms with Crippen LogP contribution in [0.25, 0.3) is 11.2 Å². The minimum Gasteiger partial charge on any atom is -0.355 e. The monoisotopic (exact) mass is 342 g/mol. The van der Waals surface area contributed by atoms with E-state index in [4.69, 9.17) is 0 Å². The molecule has 4 heterocycles. The number of hydrogen-bond donors (Lipinski definition) is 2. The van der Waals surface area contributed by atoms with Crippen LogP contribution in [-0.2, 0) is 0 Å². The van der Waals surface area contributed by atoms with Crippen LogP contribution in [0.5, 0.6) is 0 Å². The molecule has 1 saturated heterocycles. The van der Waals surface area contributed by atoms with Crippen molar-refractivity contribution in [2.75, 3.05) is 18.0 Å². The lowest BCUT2D eigenvalue weighted by Gasteiger charge is -2.33. The number of nitrogens with one attached hydrogen (secondary N) is 2. The number of aryl methyl sites for hydroxylation is 1. The lowest BCUT2D eigenvalue weighted by Crippen LogP contribution is -2.45. The molecule has 7 nitrogen and oxygen atoms in total. The van der Waals surface area contributed by atoms with Crippen molar-refractivity contribution in [1.29, 1.82) is 0 Å². The highest BCUT2D eigenvalue weighted by Gasteiger charge is 2.24. The summed E-state index contributed by atoms with van der Waals surface area (Å²) in [6, 6.07) is 2.18. The molecule has 0 atom stereocenters. The molecule has 0 aromatic carbocycles. The Hall–Kier alpha value is -2.48. The standard InChI is InChI=1S/C16H18N6OS/c1-10-4-7-24-13(10)16(23)21-11-2-5-22(6-3-11)15-12-14(18-8-17-12)19-9-20-15/h4,7-9,11H,2-3,5-6H2,1H3,(H,21,23)(H,17,18,19,20). The first kappa shape index (κ1) is 15.1. The van der Waals surface area contributed by atoms with Gasteiger partial charge in [-0.15, -0.1) is 11.3 Å². The zero-order valence-electron chi connectivity index (χ0n) is 13.3. The highest BCUT2D eigenvalue weighted by molar-refractivity contribution is 7.12. The van der Waals surface area contributed by atoms with Crippen molar-refractivity contribution in [3.8, 4) is 0 Å². The molecule has 8 heteroatoms. The first-order chi connectivity index (χ1) is 11.7. The Labute approximate surface area is 143 Å². The van der Waals surface area contributed by atoms with Gasteiger partial charge in [-0.3, -0.25) is 4.79 Å². The molecule has 124 valence electrons. The average molecular weight is 342 g/mol. The van der Waals surface area contributed by atoms with Gasteiger partial charge in [0.1, 0.15) is 11.8 Å². The molecule has 24 heavy (non-hydrogen) atoms. The van der Waals surface area contributed by atoms with Crippen LogP contribution in [0.2, 0.25) is 0 Å². The summed E-state index contributed by atoms with van der Waals surface area (Å²) in [6.07, 6.45) is 4.98. The van der Waals surface area contributed by atoms with Gasteiger partial charge in [-0.05, 0) is 36.8 Å². The number of amides is 1. The first-order valence-corrected chi connectivity index (χ1v) is 8.84. The van der Waals surface area contributed by atoms with E-state index in [0.29, 0.717) is 5.65 Å². The van der Waals surface area contributed by atoms with Gasteiger partial charge >= 0.3 is 0 Å². The van der Waals surface area contributed by atoms with Gasteiger partial charge in [0.25, 0.3) is 5.91 Å². The molecular weight excluding hydrogens is 324 g/mol. The summed E-state index contributed by atoms with van der Waals surface area (Å²) in [6.45, 7) is 3.66. The molecule has 0 bridgehead atoms. The number of anilines is 1. The van der Waals surface area contributed by atoms with E-state index >= 15 is 0 Å². The average Bonchev–Trinajstić information content (AvgIpc) is 3.23. The topological polar surface area (TPSA) is 86.8 Å². The zero-order chi connectivity index (χ0) is 16.5. The van der Waals surface area contributed by atoms with Gasteiger partial charge in [0.15, 0.2) is 11.5 Å². The second-order valence-corrected chi connectivity index (χ2v) is 6.88. The third-order valence-corrected chi connectivity index (χ3v) is 5.42. The molecule has 1 amide bonds. The predicted molar refractivity (Wildman–Crippen MR) is 93.4 cm³/mol. The number of piperidine rings is 1. The van der Waals surface area contributed by atoms with E-state index in [1.165, 1.54) is 11.3 Å². The smallest absolute Gasteiger partial charge is 0.261 e. The molecule has 0 saturated carbocycles. The van der Waals surface area contributed by atoms with E-state index in [1.807, 2.05) is 18.4 Å². The van der Waals surface area contributed by atoms with Crippen molar-refractivity contribution < 1.29 is 4.79 Å². The normalized spacial score (nSPS) is 15.8. The SMILES string of the molecule is Cc1ccsc1C(=O)NC1CCN(c2ncnc3nc[nH]c23)CC1. The maximum absolute atomic E-state index is 12.3. The van der Waals surface area contributed by atoms with Crippen LogP contribution < -0.4 is 10.2 Å². The van der Waals surface area contributed by atoms with E-state index < -0.39 is 0 Å². The Balaban J connectivity index is 1.41. The Morgan fingerprint density at radius 3 is 2.92 bits per heavy atom. The number of rotatable bonds is 3. The van der Waals surface area contributed by atoms with E-state index in [-0.39, 0.29) is 11.9 Å². The van der Waals surface area contributed by atoms with E-state index in [9.17, 15) is 4.79 Å². The third kappa shape index (κ3) is 2.73. The van der Waals surface area contributed by atoms with E-state index in [1.54, 1.807) is 12.7 Å². The van der Waals surface area contributed by atoms with Crippen molar-refractivity contribution in [1.82, 2.24) is 25.3 Å². The predicted octanol–water partition coefficient (Wildman–Crippen LogP) is 2.12. The number of carbonyl (C=O) groups excluding carboxylic acids is 1. The summed E-state index contributed by atoms with van der Waals surface area (Å²) in [5.41, 5.74) is 2.59. The maximum Gasteiger partial charge on any atom is 0.261 e. The molecule has 2 N–H and O–H groups in total. The van der Waals surface area contributed by atoms with Crippen LogP contribution in [-0.4, -0.2) is 45.0 Å². The van der Waals surface area contributed by atoms with Gasteiger partial charge in [-0.2, -0.15) is 0 Å². The quantitative estimate of drug-likeness (QED) is 0.761. The van der Waals surface area contributed by atoms with Crippen molar-refractivity contribution in [3.63, 3.8) is 0 Å². The second-order valence-electron chi connectivity index (χ2n) is 5.97. The summed E-state index contributed by atoms with van der Waals surface area (Å²) in [4.78, 5) is 31.2. The van der Waals surface area contributed by atoms with E-state index in [2.05, 4.69) is 30.2 Å². The number of aromatic nitrogens is 4. The number of carbonyl (C=O) groups is 1. The summed E-state index contributed by atoms with van der Waals surface area (Å²) in [7, 11) is 0. The van der Waals surface area contributed by atoms with Crippen LogP contribution in [0.15, 0.2) is 24.1 Å². The molecule has 1 fully saturated rings. The molecule has 0 radical (unpaired) electrons. The molecule has 3 aromatic heterocycles. The van der Waals surface area contributed by atoms with Crippen LogP contribution in [0.1, 0.15) is 28.1 Å². The van der Waals surface area contributed by atoms with Crippen LogP contribution in [0, 0.1) is 6.92 Å². The fraction of sp³-hybridized carbons (Fsp3) is 0.375. The van der Waals surface area contributed by atoms with E-state index in [0.717, 1.165) is 47.7 Å². The van der Waals surface area contributed by atoms with Crippen LogP contribution >= 0.6 is 11.3 Å². The lowest BCUT2D eigenvalue weighted by molar-refractivity contribution is 0.0934. The van der Waals surface area contributed by atoms with Crippen molar-refractivity contribution >= 4 is 34.2 Å². The van der Waals surface area contributed by atoms with Gasteiger partial charge < -0.3 is 15.2 Å². The number of fused-ring (bicyclic) bond motifs is 1. The molecule has 0 aliphatic carbocycles. The van der Waals surface area contributed by atoms with Gasteiger partial charge in [-0.1, -0.05) is 0 Å². The number of H-pyrrole nitrogens is 1. The molecule has 3 aromatic rings. The Morgan fingerprint density at radius 1 is 1.33 bits per heavy atom. The van der Waals surface area contributed by atoms with Crippen molar-refractivity contribution in [2.45, 2.75) is 25.8 Å². The molecule has 0 spiro atoms. The molecule has 4 rings (SSSR count). The minimum absolute atomic E-state index is 0.0407. The lowest BCUT2D eigenvalue weighted by atomic mass is 10.0. The Bertz CT molecular complexity index is 864. The van der Waals surface area contributed by atoms with Gasteiger partial charge in [0.2, 0.25) is 0 Å². The van der Waals surface area contributed by atoms with Crippen molar-refractivity contribution in [2.24, 2.45) is 0 Å². The van der Waals surface area contributed by atoms with Crippen LogP contribution in [0.4, 0.5) is 5.82 Å². The Kier molecular flexibility index (Phi) is 3.89. The number of imidazole rings is 1. The molecule has 0 unspecified atom stereocenters. The number of hydrogen-bond acceptors (Lipinski definition) is 6. The number of nitrogens with zero attached hydrogens (tertiary/aromatic N) is 4. The fourth-order valence-electron chi connectivity index (χ4n) is 3.08. The summed E-state index contributed by atoms with van der Waals surface area (Å²) in [5, 5.41) is 5.11. The number of aromatic amines is 1. The molecular formula is C16H18N6OS.